The second-order valence-electron chi connectivity index (χ2n) is 8.29. The molecule has 0 aliphatic rings. The van der Waals surface area contributed by atoms with Gasteiger partial charge in [-0.3, -0.25) is 4.79 Å². The molecule has 0 unspecified atom stereocenters. The molecule has 0 bridgehead atoms. The van der Waals surface area contributed by atoms with Crippen LogP contribution in [0.1, 0.15) is 58.4 Å². The maximum atomic E-state index is 12.2. The molecule has 1 amide bonds. The predicted molar refractivity (Wildman–Crippen MR) is 113 cm³/mol. The van der Waals surface area contributed by atoms with Crippen LogP contribution in [0.5, 0.6) is 5.75 Å². The Morgan fingerprint density at radius 2 is 1.70 bits per heavy atom. The van der Waals surface area contributed by atoms with Crippen LogP contribution in [0.4, 0.5) is 0 Å². The fraction of sp³-hybridized carbons (Fsp3) is 0.591. The highest BCUT2D eigenvalue weighted by Gasteiger charge is 2.44. The van der Waals surface area contributed by atoms with E-state index in [4.69, 9.17) is 15.2 Å². The Kier molecular flexibility index (Phi) is 9.78. The molecule has 0 radical (unpaired) electrons. The molecule has 0 aliphatic carbocycles. The molecule has 1 aromatic carbocycles. The summed E-state index contributed by atoms with van der Waals surface area (Å²) in [4.78, 5) is 35.6. The van der Waals surface area contributed by atoms with Crippen molar-refractivity contribution in [3.05, 3.63) is 29.8 Å². The molecule has 0 saturated heterocycles. The number of carboxylic acids is 1. The first-order chi connectivity index (χ1) is 14.0. The summed E-state index contributed by atoms with van der Waals surface area (Å²) >= 11 is 0. The molecule has 4 N–H and O–H groups in total. The molecule has 0 heterocycles. The average Bonchev–Trinajstić information content (AvgIpc) is 2.66. The molecule has 0 aromatic heterocycles. The van der Waals surface area contributed by atoms with E-state index in [0.717, 1.165) is 24.2 Å². The third-order valence-electron chi connectivity index (χ3n) is 4.49. The molecule has 8 nitrogen and oxygen atoms in total. The van der Waals surface area contributed by atoms with Gasteiger partial charge in [-0.15, -0.1) is 0 Å². The molecule has 0 fully saturated rings. The molecular weight excluding hydrogens is 388 g/mol. The molecule has 0 saturated carbocycles. The van der Waals surface area contributed by atoms with E-state index in [1.54, 1.807) is 27.9 Å². The third-order valence-corrected chi connectivity index (χ3v) is 4.49. The lowest BCUT2D eigenvalue weighted by Gasteiger charge is -2.28. The second kappa shape index (κ2) is 11.5. The van der Waals surface area contributed by atoms with Gasteiger partial charge in [-0.05, 0) is 70.6 Å². The van der Waals surface area contributed by atoms with E-state index in [9.17, 15) is 19.5 Å². The van der Waals surface area contributed by atoms with Gasteiger partial charge in [-0.2, -0.15) is 0 Å². The number of carbonyl (C=O) groups is 3. The van der Waals surface area contributed by atoms with Gasteiger partial charge in [0.15, 0.2) is 0 Å². The Morgan fingerprint density at radius 3 is 2.23 bits per heavy atom. The van der Waals surface area contributed by atoms with E-state index in [1.807, 2.05) is 24.3 Å². The van der Waals surface area contributed by atoms with Crippen molar-refractivity contribution in [3.63, 3.8) is 0 Å². The zero-order valence-corrected chi connectivity index (χ0v) is 18.3. The number of aliphatic carboxylic acids is 1. The monoisotopic (exact) mass is 422 g/mol. The van der Waals surface area contributed by atoms with Crippen molar-refractivity contribution in [2.24, 2.45) is 5.73 Å². The highest BCUT2D eigenvalue weighted by molar-refractivity contribution is 6.03. The number of esters is 1. The Bertz CT molecular complexity index is 711. The molecule has 1 aromatic rings. The number of carboxylic acid groups (broad SMARTS) is 1. The quantitative estimate of drug-likeness (QED) is 0.268. The number of aryl methyl sites for hydroxylation is 1. The topological polar surface area (TPSA) is 128 Å². The van der Waals surface area contributed by atoms with Crippen molar-refractivity contribution in [1.29, 1.82) is 0 Å². The van der Waals surface area contributed by atoms with Crippen LogP contribution in [0.15, 0.2) is 24.3 Å². The van der Waals surface area contributed by atoms with Gasteiger partial charge >= 0.3 is 11.9 Å². The van der Waals surface area contributed by atoms with E-state index in [2.05, 4.69) is 5.32 Å². The lowest BCUT2D eigenvalue weighted by atomic mass is 9.93. The first-order valence-electron chi connectivity index (χ1n) is 10.1. The first kappa shape index (κ1) is 25.4. The maximum absolute atomic E-state index is 12.2. The Balaban J connectivity index is 2.29. The van der Waals surface area contributed by atoms with Gasteiger partial charge in [0.05, 0.1) is 7.11 Å². The predicted octanol–water partition coefficient (Wildman–Crippen LogP) is 2.43. The maximum Gasteiger partial charge on any atom is 0.338 e. The van der Waals surface area contributed by atoms with E-state index in [0.29, 0.717) is 25.8 Å². The summed E-state index contributed by atoms with van der Waals surface area (Å²) in [6.07, 6.45) is 2.74. The summed E-state index contributed by atoms with van der Waals surface area (Å²) in [7, 11) is 1.62. The van der Waals surface area contributed by atoms with Gasteiger partial charge in [0.1, 0.15) is 11.4 Å². The number of unbranched alkanes of at least 4 members (excludes halogenated alkanes) is 1. The molecule has 1 rings (SSSR count). The minimum absolute atomic E-state index is 0.0621. The summed E-state index contributed by atoms with van der Waals surface area (Å²) in [5.41, 5.74) is 4.03. The zero-order chi connectivity index (χ0) is 22.8. The normalized spacial score (nSPS) is 13.2. The number of hydrogen-bond acceptors (Lipinski definition) is 6. The number of methoxy groups -OCH3 is 1. The lowest BCUT2D eigenvalue weighted by Crippen LogP contribution is -2.57. The van der Waals surface area contributed by atoms with Crippen LogP contribution in [-0.4, -0.2) is 47.7 Å². The van der Waals surface area contributed by atoms with Crippen LogP contribution >= 0.6 is 0 Å². The van der Waals surface area contributed by atoms with Crippen LogP contribution in [-0.2, 0) is 25.5 Å². The standard InChI is InChI=1S/C22H34N2O6/c1-21(2,3)30-20(28)22(23,19(26)27)14-5-6-15-24-18(25)9-7-8-16-10-12-17(29-4)13-11-16/h10-13H,5-9,14-15,23H2,1-4H3,(H,24,25)(H,26,27)/t22-/m0/s1. The summed E-state index contributed by atoms with van der Waals surface area (Å²) in [5, 5.41) is 12.2. The van der Waals surface area contributed by atoms with Gasteiger partial charge in [0.2, 0.25) is 11.4 Å². The largest absolute Gasteiger partial charge is 0.497 e. The molecule has 1 atom stereocenters. The second-order valence-corrected chi connectivity index (χ2v) is 8.29. The summed E-state index contributed by atoms with van der Waals surface area (Å²) in [6, 6.07) is 7.73. The molecule has 0 aliphatic heterocycles. The van der Waals surface area contributed by atoms with Crippen LogP contribution in [0, 0.1) is 0 Å². The number of amides is 1. The average molecular weight is 423 g/mol. The highest BCUT2D eigenvalue weighted by atomic mass is 16.6. The lowest BCUT2D eigenvalue weighted by molar-refractivity contribution is -0.169. The van der Waals surface area contributed by atoms with Crippen molar-refractivity contribution in [2.75, 3.05) is 13.7 Å². The van der Waals surface area contributed by atoms with E-state index >= 15 is 0 Å². The number of rotatable bonds is 12. The van der Waals surface area contributed by atoms with Gasteiger partial charge < -0.3 is 25.6 Å². The van der Waals surface area contributed by atoms with Crippen molar-refractivity contribution in [3.8, 4) is 5.75 Å². The molecule has 168 valence electrons. The van der Waals surface area contributed by atoms with Crippen LogP contribution < -0.4 is 15.8 Å². The van der Waals surface area contributed by atoms with Crippen LogP contribution in [0.3, 0.4) is 0 Å². The summed E-state index contributed by atoms with van der Waals surface area (Å²) in [6.45, 7) is 5.34. The highest BCUT2D eigenvalue weighted by Crippen LogP contribution is 2.19. The van der Waals surface area contributed by atoms with Gasteiger partial charge in [-0.25, -0.2) is 9.59 Å². The number of carbonyl (C=O) groups excluding carboxylic acids is 2. The van der Waals surface area contributed by atoms with Crippen molar-refractivity contribution < 1.29 is 29.0 Å². The van der Waals surface area contributed by atoms with E-state index < -0.39 is 23.1 Å². The number of hydrogen-bond donors (Lipinski definition) is 3. The van der Waals surface area contributed by atoms with Crippen molar-refractivity contribution in [2.45, 2.75) is 70.4 Å². The van der Waals surface area contributed by atoms with Crippen LogP contribution in [0.2, 0.25) is 0 Å². The fourth-order valence-electron chi connectivity index (χ4n) is 2.76. The first-order valence-corrected chi connectivity index (χ1v) is 10.1. The van der Waals surface area contributed by atoms with Gasteiger partial charge in [0, 0.05) is 13.0 Å². The third kappa shape index (κ3) is 8.82. The number of benzene rings is 1. The van der Waals surface area contributed by atoms with E-state index in [-0.39, 0.29) is 12.3 Å². The fourth-order valence-corrected chi connectivity index (χ4v) is 2.76. The summed E-state index contributed by atoms with van der Waals surface area (Å²) < 4.78 is 10.2. The van der Waals surface area contributed by atoms with Gasteiger partial charge in [-0.1, -0.05) is 12.1 Å². The number of nitrogens with two attached hydrogens (primary N) is 1. The summed E-state index contributed by atoms with van der Waals surface area (Å²) in [5.74, 6) is -1.63. The Labute approximate surface area is 178 Å². The Morgan fingerprint density at radius 1 is 1.07 bits per heavy atom. The Hall–Kier alpha value is -2.61. The minimum Gasteiger partial charge on any atom is -0.497 e. The number of ether oxygens (including phenoxy) is 2. The molecule has 8 heteroatoms. The SMILES string of the molecule is COc1ccc(CCCC(=O)NCCCC[C@](N)(C(=O)O)C(=O)OC(C)(C)C)cc1. The van der Waals surface area contributed by atoms with Crippen molar-refractivity contribution in [1.82, 2.24) is 5.32 Å². The number of nitrogens with one attached hydrogen (secondary N) is 1. The molecule has 0 spiro atoms. The molecule has 30 heavy (non-hydrogen) atoms. The van der Waals surface area contributed by atoms with Crippen molar-refractivity contribution >= 4 is 17.8 Å². The molecular formula is C22H34N2O6. The minimum atomic E-state index is -2.09. The van der Waals surface area contributed by atoms with E-state index in [1.165, 1.54) is 0 Å². The zero-order valence-electron chi connectivity index (χ0n) is 18.3. The van der Waals surface area contributed by atoms with Crippen LogP contribution in [0.25, 0.3) is 0 Å². The smallest absolute Gasteiger partial charge is 0.338 e. The van der Waals surface area contributed by atoms with Gasteiger partial charge in [0.25, 0.3) is 0 Å².